The molecule has 0 fully saturated rings. The fourth-order valence-electron chi connectivity index (χ4n) is 3.56. The van der Waals surface area contributed by atoms with Crippen LogP contribution in [0.3, 0.4) is 0 Å². The minimum Gasteiger partial charge on any atom is -0.497 e. The van der Waals surface area contributed by atoms with Crippen molar-refractivity contribution >= 4 is 11.5 Å². The van der Waals surface area contributed by atoms with Gasteiger partial charge in [-0.25, -0.2) is 4.98 Å². The second-order valence-corrected chi connectivity index (χ2v) is 6.85. The lowest BCUT2D eigenvalue weighted by Crippen LogP contribution is -2.03. The smallest absolute Gasteiger partial charge is 0.165 e. The standard InChI is InChI=1S/C23H24N4O4/c1-28-13-18-21(14-5-8-16(29-2)9-6-14)23-25-12-17(22(24)27(23)26-18)15-7-10-19(30-3)20(11-15)31-4/h5-12H,13,24H2,1-4H3. The molecule has 2 heterocycles. The van der Waals surface area contributed by atoms with Gasteiger partial charge >= 0.3 is 0 Å². The SMILES string of the molecule is COCc1nn2c(N)c(-c3ccc(OC)c(OC)c3)cnc2c1-c1ccc(OC)cc1. The molecule has 2 aromatic heterocycles. The highest BCUT2D eigenvalue weighted by molar-refractivity contribution is 5.84. The highest BCUT2D eigenvalue weighted by Gasteiger charge is 2.20. The van der Waals surface area contributed by atoms with Crippen LogP contribution in [0.25, 0.3) is 27.9 Å². The first-order valence-electron chi connectivity index (χ1n) is 9.63. The van der Waals surface area contributed by atoms with Crippen molar-refractivity contribution in [3.63, 3.8) is 0 Å². The molecule has 4 aromatic rings. The lowest BCUT2D eigenvalue weighted by Gasteiger charge is -2.11. The monoisotopic (exact) mass is 420 g/mol. The summed E-state index contributed by atoms with van der Waals surface area (Å²) in [5.74, 6) is 2.49. The molecule has 2 aromatic carbocycles. The predicted molar refractivity (Wildman–Crippen MR) is 119 cm³/mol. The largest absolute Gasteiger partial charge is 0.497 e. The maximum absolute atomic E-state index is 6.54. The molecule has 4 rings (SSSR count). The number of hydrogen-bond donors (Lipinski definition) is 1. The Morgan fingerprint density at radius 3 is 2.23 bits per heavy atom. The minimum absolute atomic E-state index is 0.329. The average Bonchev–Trinajstić information content (AvgIpc) is 3.18. The Hall–Kier alpha value is -3.78. The van der Waals surface area contributed by atoms with Crippen LogP contribution in [-0.2, 0) is 11.3 Å². The van der Waals surface area contributed by atoms with Crippen molar-refractivity contribution in [2.75, 3.05) is 34.2 Å². The molecule has 160 valence electrons. The second kappa shape index (κ2) is 8.53. The highest BCUT2D eigenvalue weighted by Crippen LogP contribution is 2.36. The fourth-order valence-corrected chi connectivity index (χ4v) is 3.56. The molecule has 31 heavy (non-hydrogen) atoms. The van der Waals surface area contributed by atoms with Crippen molar-refractivity contribution in [1.82, 2.24) is 14.6 Å². The van der Waals surface area contributed by atoms with Crippen molar-refractivity contribution < 1.29 is 18.9 Å². The summed E-state index contributed by atoms with van der Waals surface area (Å²) in [4.78, 5) is 4.70. The zero-order valence-corrected chi connectivity index (χ0v) is 17.9. The van der Waals surface area contributed by atoms with E-state index in [2.05, 4.69) is 0 Å². The summed E-state index contributed by atoms with van der Waals surface area (Å²) < 4.78 is 23.0. The first kappa shape index (κ1) is 20.5. The third-order valence-electron chi connectivity index (χ3n) is 5.11. The summed E-state index contributed by atoms with van der Waals surface area (Å²) in [6.07, 6.45) is 1.75. The third-order valence-corrected chi connectivity index (χ3v) is 5.11. The summed E-state index contributed by atoms with van der Waals surface area (Å²) in [6, 6.07) is 13.3. The Balaban J connectivity index is 1.88. The number of benzene rings is 2. The van der Waals surface area contributed by atoms with Crippen LogP contribution in [0.5, 0.6) is 17.2 Å². The number of methoxy groups -OCH3 is 4. The predicted octanol–water partition coefficient (Wildman–Crippen LogP) is 3.82. The Morgan fingerprint density at radius 2 is 1.58 bits per heavy atom. The van der Waals surface area contributed by atoms with Crippen LogP contribution in [0.15, 0.2) is 48.7 Å². The van der Waals surface area contributed by atoms with E-state index < -0.39 is 0 Å². The number of nitrogens with zero attached hydrogens (tertiary/aromatic N) is 3. The minimum atomic E-state index is 0.329. The maximum atomic E-state index is 6.54. The molecule has 0 saturated carbocycles. The molecule has 0 amide bonds. The molecule has 8 nitrogen and oxygen atoms in total. The van der Waals surface area contributed by atoms with Gasteiger partial charge in [-0.05, 0) is 35.4 Å². The van der Waals surface area contributed by atoms with Crippen LogP contribution in [-0.4, -0.2) is 43.0 Å². The van der Waals surface area contributed by atoms with Crippen LogP contribution in [0, 0.1) is 0 Å². The van der Waals surface area contributed by atoms with E-state index in [9.17, 15) is 0 Å². The Labute approximate surface area is 180 Å². The van der Waals surface area contributed by atoms with E-state index in [0.29, 0.717) is 29.6 Å². The van der Waals surface area contributed by atoms with Crippen molar-refractivity contribution in [3.05, 3.63) is 54.4 Å². The van der Waals surface area contributed by atoms with Gasteiger partial charge in [0.05, 0.1) is 39.2 Å². The maximum Gasteiger partial charge on any atom is 0.165 e. The molecule has 0 atom stereocenters. The molecule has 0 spiro atoms. The van der Waals surface area contributed by atoms with Crippen LogP contribution in [0.4, 0.5) is 5.82 Å². The first-order valence-corrected chi connectivity index (χ1v) is 9.63. The molecular weight excluding hydrogens is 396 g/mol. The van der Waals surface area contributed by atoms with Gasteiger partial charge in [-0.15, -0.1) is 0 Å². The van der Waals surface area contributed by atoms with Crippen molar-refractivity contribution in [2.45, 2.75) is 6.61 Å². The Bertz CT molecular complexity index is 1220. The van der Waals surface area contributed by atoms with Crippen molar-refractivity contribution in [2.24, 2.45) is 0 Å². The summed E-state index contributed by atoms with van der Waals surface area (Å²) in [6.45, 7) is 0.329. The third kappa shape index (κ3) is 3.62. The zero-order chi connectivity index (χ0) is 22.0. The Morgan fingerprint density at radius 1 is 0.871 bits per heavy atom. The van der Waals surface area contributed by atoms with Gasteiger partial charge in [-0.1, -0.05) is 18.2 Å². The van der Waals surface area contributed by atoms with Gasteiger partial charge < -0.3 is 24.7 Å². The lowest BCUT2D eigenvalue weighted by molar-refractivity contribution is 0.181. The summed E-state index contributed by atoms with van der Waals surface area (Å²) in [7, 11) is 6.46. The number of anilines is 1. The molecule has 8 heteroatoms. The molecule has 2 N–H and O–H groups in total. The van der Waals surface area contributed by atoms with Gasteiger partial charge in [0, 0.05) is 18.9 Å². The van der Waals surface area contributed by atoms with E-state index in [0.717, 1.165) is 33.7 Å². The number of ether oxygens (including phenoxy) is 4. The molecule has 0 aliphatic heterocycles. The topological polar surface area (TPSA) is 93.1 Å². The zero-order valence-electron chi connectivity index (χ0n) is 17.9. The molecule has 0 saturated heterocycles. The number of nitrogen functional groups attached to an aromatic ring is 1. The molecule has 0 bridgehead atoms. The van der Waals surface area contributed by atoms with Gasteiger partial charge in [-0.3, -0.25) is 0 Å². The van der Waals surface area contributed by atoms with E-state index in [-0.39, 0.29) is 0 Å². The quantitative estimate of drug-likeness (QED) is 0.486. The van der Waals surface area contributed by atoms with E-state index >= 15 is 0 Å². The summed E-state index contributed by atoms with van der Waals surface area (Å²) in [5, 5.41) is 4.70. The molecule has 0 aliphatic carbocycles. The number of aromatic nitrogens is 3. The molecule has 0 unspecified atom stereocenters. The van der Waals surface area contributed by atoms with Crippen molar-refractivity contribution in [1.29, 1.82) is 0 Å². The van der Waals surface area contributed by atoms with Gasteiger partial charge in [0.1, 0.15) is 11.6 Å². The molecule has 0 radical (unpaired) electrons. The van der Waals surface area contributed by atoms with Crippen molar-refractivity contribution in [3.8, 4) is 39.5 Å². The summed E-state index contributed by atoms with van der Waals surface area (Å²) >= 11 is 0. The van der Waals surface area contributed by atoms with E-state index in [1.165, 1.54) is 0 Å². The number of fused-ring (bicyclic) bond motifs is 1. The lowest BCUT2D eigenvalue weighted by atomic mass is 10.0. The van der Waals surface area contributed by atoms with Crippen LogP contribution in [0.1, 0.15) is 5.69 Å². The van der Waals surface area contributed by atoms with Crippen LogP contribution >= 0.6 is 0 Å². The number of rotatable bonds is 7. The van der Waals surface area contributed by atoms with Crippen LogP contribution in [0.2, 0.25) is 0 Å². The van der Waals surface area contributed by atoms with Gasteiger partial charge in [-0.2, -0.15) is 9.61 Å². The van der Waals surface area contributed by atoms with Gasteiger partial charge in [0.15, 0.2) is 17.1 Å². The highest BCUT2D eigenvalue weighted by atomic mass is 16.5. The van der Waals surface area contributed by atoms with E-state index in [1.54, 1.807) is 39.2 Å². The van der Waals surface area contributed by atoms with Crippen LogP contribution < -0.4 is 19.9 Å². The normalized spacial score (nSPS) is 11.0. The second-order valence-electron chi connectivity index (χ2n) is 6.85. The van der Waals surface area contributed by atoms with E-state index in [4.69, 9.17) is 34.8 Å². The Kier molecular flexibility index (Phi) is 5.64. The number of nitrogens with two attached hydrogens (primary N) is 1. The first-order chi connectivity index (χ1) is 15.1. The van der Waals surface area contributed by atoms with E-state index in [1.807, 2.05) is 42.5 Å². The average molecular weight is 420 g/mol. The van der Waals surface area contributed by atoms with Gasteiger partial charge in [0.2, 0.25) is 0 Å². The molecular formula is C23H24N4O4. The molecule has 0 aliphatic rings. The number of hydrogen-bond acceptors (Lipinski definition) is 7. The van der Waals surface area contributed by atoms with Gasteiger partial charge in [0.25, 0.3) is 0 Å². The summed E-state index contributed by atoms with van der Waals surface area (Å²) in [5.41, 5.74) is 11.3. The fraction of sp³-hybridized carbons (Fsp3) is 0.217.